The Kier molecular flexibility index (Phi) is 5.88. The quantitative estimate of drug-likeness (QED) is 0.755. The Morgan fingerprint density at radius 2 is 1.63 bits per heavy atom. The van der Waals surface area contributed by atoms with Gasteiger partial charge in [0.05, 0.1) is 13.2 Å². The van der Waals surface area contributed by atoms with Crippen LogP contribution in [0.15, 0.2) is 60.7 Å². The summed E-state index contributed by atoms with van der Waals surface area (Å²) in [6.07, 6.45) is -1.43. The summed E-state index contributed by atoms with van der Waals surface area (Å²) in [7, 11) is 3.07. The van der Waals surface area contributed by atoms with Crippen LogP contribution in [0, 0.1) is 0 Å². The second kappa shape index (κ2) is 8.33. The summed E-state index contributed by atoms with van der Waals surface area (Å²) < 4.78 is 10.6. The number of ether oxygens (including phenoxy) is 2. The van der Waals surface area contributed by atoms with E-state index in [9.17, 15) is 9.59 Å². The van der Waals surface area contributed by atoms with E-state index in [1.165, 1.54) is 14.0 Å². The van der Waals surface area contributed by atoms with Crippen molar-refractivity contribution in [3.63, 3.8) is 0 Å². The number of benzene rings is 2. The van der Waals surface area contributed by atoms with Crippen molar-refractivity contribution in [2.45, 2.75) is 31.1 Å². The molecular weight excluding hydrogens is 346 g/mol. The Morgan fingerprint density at radius 1 is 1.04 bits per heavy atom. The Labute approximate surface area is 158 Å². The SMILES string of the molecule is COC(=O)[C@@H]1ON(C)[C@@H]([C@@H](OC(C)=O)c2ccccc2)[C@H]1c1ccccc1. The summed E-state index contributed by atoms with van der Waals surface area (Å²) >= 11 is 0. The highest BCUT2D eigenvalue weighted by Gasteiger charge is 2.51. The summed E-state index contributed by atoms with van der Waals surface area (Å²) in [6, 6.07) is 18.7. The first-order valence-corrected chi connectivity index (χ1v) is 8.77. The predicted octanol–water partition coefficient (Wildman–Crippen LogP) is 2.86. The zero-order valence-corrected chi connectivity index (χ0v) is 15.6. The Balaban J connectivity index is 2.08. The van der Waals surface area contributed by atoms with E-state index in [2.05, 4.69) is 0 Å². The van der Waals surface area contributed by atoms with E-state index < -0.39 is 30.2 Å². The Bertz CT molecular complexity index is 780. The van der Waals surface area contributed by atoms with Crippen molar-refractivity contribution >= 4 is 11.9 Å². The molecule has 142 valence electrons. The molecule has 0 aliphatic carbocycles. The summed E-state index contributed by atoms with van der Waals surface area (Å²) in [5, 5.41) is 1.60. The molecule has 0 unspecified atom stereocenters. The molecule has 0 aromatic heterocycles. The number of carbonyl (C=O) groups excluding carboxylic acids is 2. The van der Waals surface area contributed by atoms with Gasteiger partial charge in [-0.3, -0.25) is 9.63 Å². The van der Waals surface area contributed by atoms with Crippen LogP contribution >= 0.6 is 0 Å². The molecule has 1 aliphatic rings. The van der Waals surface area contributed by atoms with Gasteiger partial charge in [0.25, 0.3) is 0 Å². The van der Waals surface area contributed by atoms with Crippen LogP contribution in [0.4, 0.5) is 0 Å². The molecule has 2 aromatic rings. The molecule has 1 heterocycles. The first kappa shape index (κ1) is 19.1. The van der Waals surface area contributed by atoms with Crippen LogP contribution in [0.3, 0.4) is 0 Å². The second-order valence-corrected chi connectivity index (χ2v) is 6.46. The number of esters is 2. The van der Waals surface area contributed by atoms with Crippen molar-refractivity contribution in [1.29, 1.82) is 0 Å². The van der Waals surface area contributed by atoms with Crippen molar-refractivity contribution in [2.24, 2.45) is 0 Å². The number of methoxy groups -OCH3 is 1. The van der Waals surface area contributed by atoms with Crippen LogP contribution in [-0.2, 0) is 23.9 Å². The van der Waals surface area contributed by atoms with E-state index in [1.807, 2.05) is 60.7 Å². The number of likely N-dealkylation sites (N-methyl/N-ethyl adjacent to an activating group) is 1. The molecule has 6 nitrogen and oxygen atoms in total. The zero-order chi connectivity index (χ0) is 19.4. The van der Waals surface area contributed by atoms with Gasteiger partial charge in [0.15, 0.2) is 6.10 Å². The zero-order valence-electron chi connectivity index (χ0n) is 15.6. The van der Waals surface area contributed by atoms with Crippen LogP contribution in [0.25, 0.3) is 0 Å². The summed E-state index contributed by atoms with van der Waals surface area (Å²) in [5.74, 6) is -1.23. The first-order valence-electron chi connectivity index (χ1n) is 8.77. The molecule has 27 heavy (non-hydrogen) atoms. The molecule has 4 atom stereocenters. The molecule has 0 radical (unpaired) electrons. The average molecular weight is 369 g/mol. The molecule has 0 bridgehead atoms. The van der Waals surface area contributed by atoms with Gasteiger partial charge in [0.1, 0.15) is 6.10 Å². The maximum Gasteiger partial charge on any atom is 0.337 e. The minimum absolute atomic E-state index is 0.367. The van der Waals surface area contributed by atoms with Crippen LogP contribution in [0.5, 0.6) is 0 Å². The van der Waals surface area contributed by atoms with E-state index in [0.29, 0.717) is 0 Å². The summed E-state index contributed by atoms with van der Waals surface area (Å²) in [4.78, 5) is 30.1. The molecule has 0 spiro atoms. The van der Waals surface area contributed by atoms with Crippen molar-refractivity contribution < 1.29 is 23.9 Å². The molecule has 2 aromatic carbocycles. The fourth-order valence-corrected chi connectivity index (χ4v) is 3.61. The van der Waals surface area contributed by atoms with Crippen LogP contribution < -0.4 is 0 Å². The van der Waals surface area contributed by atoms with Gasteiger partial charge in [-0.05, 0) is 11.1 Å². The molecule has 0 saturated carbocycles. The van der Waals surface area contributed by atoms with Crippen molar-refractivity contribution in [2.75, 3.05) is 14.2 Å². The van der Waals surface area contributed by atoms with Gasteiger partial charge in [-0.2, -0.15) is 5.06 Å². The third-order valence-corrected chi connectivity index (χ3v) is 4.74. The van der Waals surface area contributed by atoms with Gasteiger partial charge in [-0.25, -0.2) is 4.79 Å². The van der Waals surface area contributed by atoms with Crippen LogP contribution in [-0.4, -0.2) is 43.3 Å². The molecule has 0 amide bonds. The van der Waals surface area contributed by atoms with Gasteiger partial charge in [0, 0.05) is 19.9 Å². The number of carbonyl (C=O) groups is 2. The molecule has 1 saturated heterocycles. The summed E-state index contributed by atoms with van der Waals surface area (Å²) in [5.41, 5.74) is 1.75. The van der Waals surface area contributed by atoms with Crippen molar-refractivity contribution in [1.82, 2.24) is 5.06 Å². The van der Waals surface area contributed by atoms with Gasteiger partial charge < -0.3 is 9.47 Å². The van der Waals surface area contributed by atoms with Gasteiger partial charge >= 0.3 is 11.9 Å². The monoisotopic (exact) mass is 369 g/mol. The lowest BCUT2D eigenvalue weighted by Crippen LogP contribution is -2.37. The van der Waals surface area contributed by atoms with E-state index in [0.717, 1.165) is 11.1 Å². The van der Waals surface area contributed by atoms with E-state index >= 15 is 0 Å². The van der Waals surface area contributed by atoms with Gasteiger partial charge in [0.2, 0.25) is 0 Å². The second-order valence-electron chi connectivity index (χ2n) is 6.46. The highest BCUT2D eigenvalue weighted by Crippen LogP contribution is 2.43. The molecule has 1 fully saturated rings. The van der Waals surface area contributed by atoms with Crippen molar-refractivity contribution in [3.8, 4) is 0 Å². The maximum atomic E-state index is 12.4. The minimum atomic E-state index is -0.825. The Hall–Kier alpha value is -2.70. The molecule has 6 heteroatoms. The fraction of sp³-hybridized carbons (Fsp3) is 0.333. The van der Waals surface area contributed by atoms with Crippen LogP contribution in [0.1, 0.15) is 30.1 Å². The molecular formula is C21H23NO5. The normalized spacial score (nSPS) is 23.6. The highest BCUT2D eigenvalue weighted by atomic mass is 16.7. The van der Waals surface area contributed by atoms with Gasteiger partial charge in [-0.1, -0.05) is 60.7 Å². The topological polar surface area (TPSA) is 65.1 Å². The van der Waals surface area contributed by atoms with E-state index in [4.69, 9.17) is 14.3 Å². The van der Waals surface area contributed by atoms with Crippen LogP contribution in [0.2, 0.25) is 0 Å². The first-order chi connectivity index (χ1) is 13.0. The molecule has 3 rings (SSSR count). The molecule has 0 N–H and O–H groups in total. The molecule has 1 aliphatic heterocycles. The number of rotatable bonds is 5. The Morgan fingerprint density at radius 3 is 2.19 bits per heavy atom. The fourth-order valence-electron chi connectivity index (χ4n) is 3.61. The predicted molar refractivity (Wildman–Crippen MR) is 98.6 cm³/mol. The third kappa shape index (κ3) is 4.02. The lowest BCUT2D eigenvalue weighted by molar-refractivity contribution is -0.188. The third-order valence-electron chi connectivity index (χ3n) is 4.74. The lowest BCUT2D eigenvalue weighted by atomic mass is 9.82. The average Bonchev–Trinajstić information content (AvgIpc) is 3.03. The smallest absolute Gasteiger partial charge is 0.337 e. The number of hydrogen-bond acceptors (Lipinski definition) is 6. The standard InChI is InChI=1S/C21H23NO5/c1-14(23)26-19(16-12-8-5-9-13-16)18-17(15-10-6-4-7-11-15)20(21(24)25-3)27-22(18)2/h4-13,17-20H,1-3H3/t17-,18-,19+,20-/m1/s1. The number of nitrogens with zero attached hydrogens (tertiary/aromatic N) is 1. The minimum Gasteiger partial charge on any atom is -0.467 e. The van der Waals surface area contributed by atoms with E-state index in [1.54, 1.807) is 12.1 Å². The summed E-state index contributed by atoms with van der Waals surface area (Å²) in [6.45, 7) is 1.38. The highest BCUT2D eigenvalue weighted by molar-refractivity contribution is 5.76. The van der Waals surface area contributed by atoms with Gasteiger partial charge in [-0.15, -0.1) is 0 Å². The lowest BCUT2D eigenvalue weighted by Gasteiger charge is -2.31. The number of hydrogen-bond donors (Lipinski definition) is 0. The van der Waals surface area contributed by atoms with E-state index in [-0.39, 0.29) is 5.92 Å². The van der Waals surface area contributed by atoms with Crippen molar-refractivity contribution in [3.05, 3.63) is 71.8 Å². The largest absolute Gasteiger partial charge is 0.467 e. The maximum absolute atomic E-state index is 12.4. The number of hydroxylamine groups is 2.